The molecule has 1 atom stereocenters. The van der Waals surface area contributed by atoms with E-state index in [1.807, 2.05) is 47.9 Å². The maximum atomic E-state index is 13.5. The molecule has 0 unspecified atom stereocenters. The molecule has 248 valence electrons. The molecule has 1 fully saturated rings. The second-order valence-electron chi connectivity index (χ2n) is 12.0. The molecule has 1 aliphatic heterocycles. The highest BCUT2D eigenvalue weighted by molar-refractivity contribution is 7.15. The number of methoxy groups -OCH3 is 1. The minimum atomic E-state index is -0.578. The van der Waals surface area contributed by atoms with E-state index in [4.69, 9.17) is 31.8 Å². The number of carbonyl (C=O) groups excluding carboxylic acids is 2. The van der Waals surface area contributed by atoms with Gasteiger partial charge in [0.1, 0.15) is 23.0 Å². The molecule has 2 aliphatic rings. The third-order valence-corrected chi connectivity index (χ3v) is 10.3. The van der Waals surface area contributed by atoms with Crippen LogP contribution in [-0.4, -0.2) is 58.2 Å². The van der Waals surface area contributed by atoms with E-state index >= 15 is 0 Å². The number of thiophene rings is 1. The quantitative estimate of drug-likeness (QED) is 0.172. The molecule has 1 aliphatic carbocycles. The molecular weight excluding hydrogens is 648 g/mol. The second-order valence-corrected chi connectivity index (χ2v) is 13.6. The van der Waals surface area contributed by atoms with Crippen molar-refractivity contribution in [3.8, 4) is 16.8 Å². The van der Waals surface area contributed by atoms with E-state index in [1.165, 1.54) is 12.0 Å². The number of nitrogens with two attached hydrogens (primary N) is 1. The number of nitrogens with one attached hydrogen (secondary N) is 1. The van der Waals surface area contributed by atoms with E-state index in [0.717, 1.165) is 64.6 Å². The molecular formula is C36H37ClN6O4S. The van der Waals surface area contributed by atoms with Crippen LogP contribution in [0.3, 0.4) is 0 Å². The van der Waals surface area contributed by atoms with Crippen LogP contribution < -0.4 is 11.1 Å². The van der Waals surface area contributed by atoms with Crippen molar-refractivity contribution >= 4 is 46.3 Å². The Morgan fingerprint density at radius 3 is 2.54 bits per heavy atom. The summed E-state index contributed by atoms with van der Waals surface area (Å²) >= 11 is 7.90. The molecule has 0 saturated heterocycles. The van der Waals surface area contributed by atoms with Crippen LogP contribution in [0.15, 0.2) is 47.5 Å². The third kappa shape index (κ3) is 6.88. The van der Waals surface area contributed by atoms with Crippen LogP contribution in [0, 0.1) is 32.6 Å². The van der Waals surface area contributed by atoms with Gasteiger partial charge in [0.25, 0.3) is 0 Å². The molecule has 0 amide bonds. The van der Waals surface area contributed by atoms with Crippen molar-refractivity contribution in [2.75, 3.05) is 19.0 Å². The highest BCUT2D eigenvalue weighted by Crippen LogP contribution is 2.40. The number of aliphatic imine (C=N–C) groups is 1. The van der Waals surface area contributed by atoms with E-state index in [-0.39, 0.29) is 31.1 Å². The smallest absolute Gasteiger partial charge is 0.339 e. The SMILES string of the molecule is COC(=O)c1ccc(N[C@H]2CC[C@H](OC(=O)C[C@@H]3N=C(c4ccc(Cl)cc4)c4c(sc(C)c4C)-n4c(C)nnc43)CC2)cc1C#CCN. The lowest BCUT2D eigenvalue weighted by molar-refractivity contribution is -0.151. The fourth-order valence-corrected chi connectivity index (χ4v) is 7.60. The van der Waals surface area contributed by atoms with Crippen molar-refractivity contribution in [3.63, 3.8) is 0 Å². The van der Waals surface area contributed by atoms with Gasteiger partial charge in [0.15, 0.2) is 5.82 Å². The predicted molar refractivity (Wildman–Crippen MR) is 187 cm³/mol. The molecule has 4 aromatic rings. The summed E-state index contributed by atoms with van der Waals surface area (Å²) in [6.07, 6.45) is 2.92. The summed E-state index contributed by atoms with van der Waals surface area (Å²) in [6.45, 7) is 6.30. The molecule has 0 bridgehead atoms. The summed E-state index contributed by atoms with van der Waals surface area (Å²) in [5.41, 5.74) is 11.2. The van der Waals surface area contributed by atoms with Crippen LogP contribution in [0.1, 0.15) is 87.3 Å². The number of ether oxygens (including phenoxy) is 2. The molecule has 3 N–H and O–H groups in total. The van der Waals surface area contributed by atoms with Crippen molar-refractivity contribution in [1.82, 2.24) is 14.8 Å². The van der Waals surface area contributed by atoms with Crippen LogP contribution in [0.5, 0.6) is 0 Å². The van der Waals surface area contributed by atoms with Crippen molar-refractivity contribution < 1.29 is 19.1 Å². The van der Waals surface area contributed by atoms with Gasteiger partial charge in [0, 0.05) is 38.3 Å². The normalized spacial score (nSPS) is 18.4. The average molecular weight is 685 g/mol. The number of anilines is 1. The minimum absolute atomic E-state index is 0.0412. The predicted octanol–water partition coefficient (Wildman–Crippen LogP) is 6.25. The first-order chi connectivity index (χ1) is 23.2. The van der Waals surface area contributed by atoms with E-state index in [0.29, 0.717) is 22.0 Å². The number of fused-ring (bicyclic) bond motifs is 3. The molecule has 0 spiro atoms. The summed E-state index contributed by atoms with van der Waals surface area (Å²) in [4.78, 5) is 32.0. The van der Waals surface area contributed by atoms with Crippen LogP contribution in [0.25, 0.3) is 5.00 Å². The van der Waals surface area contributed by atoms with Gasteiger partial charge < -0.3 is 20.5 Å². The summed E-state index contributed by atoms with van der Waals surface area (Å²) in [5, 5.41) is 14.1. The van der Waals surface area contributed by atoms with Crippen LogP contribution in [0.4, 0.5) is 5.69 Å². The Morgan fingerprint density at radius 1 is 1.08 bits per heavy atom. The van der Waals surface area contributed by atoms with E-state index < -0.39 is 12.0 Å². The van der Waals surface area contributed by atoms with Crippen molar-refractivity contribution in [1.29, 1.82) is 0 Å². The fourth-order valence-electron chi connectivity index (χ4n) is 6.26. The lowest BCUT2D eigenvalue weighted by atomic mass is 9.92. The summed E-state index contributed by atoms with van der Waals surface area (Å²) < 4.78 is 13.0. The Labute approximate surface area is 288 Å². The molecule has 12 heteroatoms. The van der Waals surface area contributed by atoms with Gasteiger partial charge in [-0.1, -0.05) is 35.6 Å². The van der Waals surface area contributed by atoms with Gasteiger partial charge in [-0.25, -0.2) is 4.79 Å². The Bertz CT molecular complexity index is 1950. The third-order valence-electron chi connectivity index (χ3n) is 8.81. The first kappa shape index (κ1) is 33.4. The molecule has 1 saturated carbocycles. The topological polar surface area (TPSA) is 134 Å². The van der Waals surface area contributed by atoms with E-state index in [1.54, 1.807) is 17.4 Å². The second kappa shape index (κ2) is 14.3. The van der Waals surface area contributed by atoms with Gasteiger partial charge in [-0.15, -0.1) is 21.5 Å². The molecule has 10 nitrogen and oxygen atoms in total. The van der Waals surface area contributed by atoms with Crippen molar-refractivity contribution in [2.45, 2.75) is 71.1 Å². The van der Waals surface area contributed by atoms with Gasteiger partial charge in [0.2, 0.25) is 0 Å². The van der Waals surface area contributed by atoms with Gasteiger partial charge in [-0.3, -0.25) is 14.4 Å². The monoisotopic (exact) mass is 684 g/mol. The number of nitrogens with zero attached hydrogens (tertiary/aromatic N) is 4. The van der Waals surface area contributed by atoms with Gasteiger partial charge in [-0.05, 0) is 82.3 Å². The lowest BCUT2D eigenvalue weighted by Gasteiger charge is -2.30. The summed E-state index contributed by atoms with van der Waals surface area (Å²) in [5.74, 6) is 6.37. The van der Waals surface area contributed by atoms with Crippen LogP contribution in [-0.2, 0) is 14.3 Å². The maximum Gasteiger partial charge on any atom is 0.339 e. The maximum absolute atomic E-state index is 13.5. The molecule has 2 aromatic carbocycles. The standard InChI is InChI=1S/C36H37ClN6O4S/c1-20-21(2)48-35-32(20)33(23-7-9-25(37)10-8-23)40-30(34-42-41-22(3)43(34)35)19-31(44)47-28-14-11-26(12-15-28)39-27-13-16-29(36(45)46-4)24(18-27)6-5-17-38/h7-10,13,16,18,26,28,30,39H,11-12,14-15,17,19,38H2,1-4H3/t26-,28-,30-/m0/s1. The zero-order valence-corrected chi connectivity index (χ0v) is 28.9. The highest BCUT2D eigenvalue weighted by Gasteiger charge is 2.33. The largest absolute Gasteiger partial charge is 0.465 e. The minimum Gasteiger partial charge on any atom is -0.465 e. The number of halogens is 1. The van der Waals surface area contributed by atoms with Crippen LogP contribution >= 0.6 is 22.9 Å². The van der Waals surface area contributed by atoms with Crippen molar-refractivity contribution in [2.24, 2.45) is 10.7 Å². The van der Waals surface area contributed by atoms with Gasteiger partial charge in [-0.2, -0.15) is 0 Å². The number of carbonyl (C=O) groups is 2. The van der Waals surface area contributed by atoms with Gasteiger partial charge in [0.05, 0.1) is 31.4 Å². The molecule has 3 heterocycles. The number of rotatable bonds is 7. The Balaban J connectivity index is 1.15. The number of hydrogen-bond donors (Lipinski definition) is 2. The molecule has 48 heavy (non-hydrogen) atoms. The Kier molecular flexibility index (Phi) is 9.96. The van der Waals surface area contributed by atoms with E-state index in [2.05, 4.69) is 41.2 Å². The first-order valence-corrected chi connectivity index (χ1v) is 17.1. The molecule has 0 radical (unpaired) electrons. The van der Waals surface area contributed by atoms with Gasteiger partial charge >= 0.3 is 11.9 Å². The number of aryl methyl sites for hydroxylation is 2. The summed E-state index contributed by atoms with van der Waals surface area (Å²) in [7, 11) is 1.34. The lowest BCUT2D eigenvalue weighted by Crippen LogP contribution is -2.31. The number of aromatic nitrogens is 3. The Morgan fingerprint density at radius 2 is 1.83 bits per heavy atom. The number of hydrogen-bond acceptors (Lipinski definition) is 10. The van der Waals surface area contributed by atoms with E-state index in [9.17, 15) is 9.59 Å². The molecule has 2 aromatic heterocycles. The fraction of sp³-hybridized carbons (Fsp3) is 0.361. The number of esters is 2. The van der Waals surface area contributed by atoms with Crippen molar-refractivity contribution in [3.05, 3.63) is 91.8 Å². The number of benzene rings is 2. The average Bonchev–Trinajstić information content (AvgIpc) is 3.56. The highest BCUT2D eigenvalue weighted by atomic mass is 35.5. The zero-order valence-electron chi connectivity index (χ0n) is 27.3. The first-order valence-electron chi connectivity index (χ1n) is 15.9. The zero-order chi connectivity index (χ0) is 33.9. The Hall–Kier alpha value is -4.50. The summed E-state index contributed by atoms with van der Waals surface area (Å²) in [6, 6.07) is 12.6. The van der Waals surface area contributed by atoms with Crippen LogP contribution in [0.2, 0.25) is 5.02 Å². The molecule has 6 rings (SSSR count).